The Labute approximate surface area is 74.4 Å². The third-order valence-electron chi connectivity index (χ3n) is 2.59. The van der Waals surface area contributed by atoms with Gasteiger partial charge in [-0.15, -0.1) is 0 Å². The highest BCUT2D eigenvalue weighted by Crippen LogP contribution is 2.02. The van der Waals surface area contributed by atoms with Gasteiger partial charge in [-0.25, -0.2) is 4.90 Å². The zero-order chi connectivity index (χ0) is 7.72. The molecule has 0 saturated carbocycles. The van der Waals surface area contributed by atoms with Crippen molar-refractivity contribution in [1.82, 2.24) is 4.90 Å². The van der Waals surface area contributed by atoms with Crippen LogP contribution in [0.2, 0.25) is 0 Å². The monoisotopic (exact) mass is 180 g/mol. The summed E-state index contributed by atoms with van der Waals surface area (Å²) in [6.45, 7) is 3.21. The van der Waals surface area contributed by atoms with E-state index in [1.807, 2.05) is 11.9 Å². The van der Waals surface area contributed by atoms with Crippen molar-refractivity contribution >= 4 is 0 Å². The third kappa shape index (κ3) is 2.30. The molecule has 0 bridgehead atoms. The van der Waals surface area contributed by atoms with Gasteiger partial charge >= 0.3 is 0 Å². The second-order valence-corrected chi connectivity index (χ2v) is 3.21. The summed E-state index contributed by atoms with van der Waals surface area (Å²) in [7, 11) is 4.13. The summed E-state index contributed by atoms with van der Waals surface area (Å²) in [6, 6.07) is 0. The molecular formula is C7H17ClN2O. The Morgan fingerprint density at radius 2 is 2.09 bits per heavy atom. The molecule has 1 rings (SSSR count). The van der Waals surface area contributed by atoms with Gasteiger partial charge < -0.3 is 22.4 Å². The molecule has 4 heteroatoms. The SMILES string of the molecule is CC1N(C)C(O)CC[NH+]1C.[Cl-]. The Morgan fingerprint density at radius 3 is 2.55 bits per heavy atom. The van der Waals surface area contributed by atoms with Crippen LogP contribution in [0.15, 0.2) is 0 Å². The van der Waals surface area contributed by atoms with Crippen molar-refractivity contribution < 1.29 is 22.4 Å². The molecule has 3 unspecified atom stereocenters. The maximum atomic E-state index is 9.38. The van der Waals surface area contributed by atoms with Crippen LogP contribution < -0.4 is 17.3 Å². The minimum atomic E-state index is -0.223. The van der Waals surface area contributed by atoms with Gasteiger partial charge in [0.1, 0.15) is 12.4 Å². The van der Waals surface area contributed by atoms with Gasteiger partial charge in [-0.3, -0.25) is 0 Å². The molecule has 0 spiro atoms. The Bertz CT molecular complexity index is 109. The molecule has 68 valence electrons. The topological polar surface area (TPSA) is 27.9 Å². The second-order valence-electron chi connectivity index (χ2n) is 3.21. The predicted octanol–water partition coefficient (Wildman–Crippen LogP) is -4.49. The fourth-order valence-corrected chi connectivity index (χ4v) is 1.38. The summed E-state index contributed by atoms with van der Waals surface area (Å²) >= 11 is 0. The number of halogens is 1. The van der Waals surface area contributed by atoms with Gasteiger partial charge in [0.25, 0.3) is 0 Å². The van der Waals surface area contributed by atoms with E-state index in [9.17, 15) is 5.11 Å². The summed E-state index contributed by atoms with van der Waals surface area (Å²) in [6.07, 6.45) is 1.12. The van der Waals surface area contributed by atoms with Gasteiger partial charge in [0.05, 0.1) is 13.6 Å². The number of aliphatic hydroxyl groups excluding tert-OH is 1. The molecule has 0 aromatic carbocycles. The van der Waals surface area contributed by atoms with Gasteiger partial charge in [-0.2, -0.15) is 0 Å². The zero-order valence-corrected chi connectivity index (χ0v) is 8.10. The molecular weight excluding hydrogens is 164 g/mol. The quantitative estimate of drug-likeness (QED) is 0.394. The van der Waals surface area contributed by atoms with Gasteiger partial charge in [0.15, 0.2) is 0 Å². The van der Waals surface area contributed by atoms with E-state index < -0.39 is 0 Å². The molecule has 1 heterocycles. The molecule has 1 saturated heterocycles. The van der Waals surface area contributed by atoms with Gasteiger partial charge in [-0.05, 0) is 7.05 Å². The number of aliphatic hydroxyl groups is 1. The largest absolute Gasteiger partial charge is 1.00 e. The number of quaternary nitrogens is 1. The molecule has 0 aromatic rings. The maximum absolute atomic E-state index is 9.38. The summed E-state index contributed by atoms with van der Waals surface area (Å²) in [5.41, 5.74) is 0. The molecule has 0 radical (unpaired) electrons. The average Bonchev–Trinajstić information content (AvgIpc) is 1.93. The Kier molecular flexibility index (Phi) is 4.32. The minimum absolute atomic E-state index is 0. The smallest absolute Gasteiger partial charge is 0.142 e. The van der Waals surface area contributed by atoms with Crippen LogP contribution in [-0.4, -0.2) is 43.0 Å². The lowest BCUT2D eigenvalue weighted by Crippen LogP contribution is -3.16. The van der Waals surface area contributed by atoms with Crippen molar-refractivity contribution in [1.29, 1.82) is 0 Å². The summed E-state index contributed by atoms with van der Waals surface area (Å²) in [4.78, 5) is 3.49. The molecule has 1 aliphatic heterocycles. The van der Waals surface area contributed by atoms with E-state index in [1.165, 1.54) is 4.90 Å². The molecule has 0 aromatic heterocycles. The standard InChI is InChI=1S/C7H16N2O.ClH/c1-6-8(2)5-4-7(10)9(6)3;/h6-7,10H,4-5H2,1-3H3;1H. The number of nitrogens with zero attached hydrogens (tertiary/aromatic N) is 1. The molecule has 0 aliphatic carbocycles. The first-order valence-electron chi connectivity index (χ1n) is 3.85. The first-order chi connectivity index (χ1) is 4.63. The van der Waals surface area contributed by atoms with E-state index >= 15 is 0 Å². The van der Waals surface area contributed by atoms with Crippen LogP contribution in [0, 0.1) is 0 Å². The molecule has 11 heavy (non-hydrogen) atoms. The molecule has 2 N–H and O–H groups in total. The van der Waals surface area contributed by atoms with Crippen LogP contribution >= 0.6 is 0 Å². The lowest BCUT2D eigenvalue weighted by atomic mass is 10.2. The van der Waals surface area contributed by atoms with E-state index in [0.29, 0.717) is 6.17 Å². The molecule has 0 amide bonds. The summed E-state index contributed by atoms with van der Waals surface area (Å²) in [5.74, 6) is 0. The van der Waals surface area contributed by atoms with Crippen molar-refractivity contribution in [3.63, 3.8) is 0 Å². The highest BCUT2D eigenvalue weighted by molar-refractivity contribution is 4.61. The van der Waals surface area contributed by atoms with E-state index in [1.54, 1.807) is 0 Å². The zero-order valence-electron chi connectivity index (χ0n) is 7.34. The number of hydrogen-bond donors (Lipinski definition) is 2. The molecule has 3 nitrogen and oxygen atoms in total. The van der Waals surface area contributed by atoms with E-state index in [0.717, 1.165) is 13.0 Å². The minimum Gasteiger partial charge on any atom is -1.00 e. The highest BCUT2D eigenvalue weighted by Gasteiger charge is 2.29. The van der Waals surface area contributed by atoms with Crippen LogP contribution in [0.5, 0.6) is 0 Å². The molecule has 1 fully saturated rings. The van der Waals surface area contributed by atoms with Crippen molar-refractivity contribution in [2.45, 2.75) is 25.7 Å². The lowest BCUT2D eigenvalue weighted by Gasteiger charge is -2.37. The first kappa shape index (κ1) is 11.2. The first-order valence-corrected chi connectivity index (χ1v) is 3.85. The van der Waals surface area contributed by atoms with Crippen molar-refractivity contribution in [2.24, 2.45) is 0 Å². The van der Waals surface area contributed by atoms with Crippen LogP contribution in [0.3, 0.4) is 0 Å². The van der Waals surface area contributed by atoms with Crippen LogP contribution in [0.1, 0.15) is 13.3 Å². The molecule has 1 aliphatic rings. The van der Waals surface area contributed by atoms with Crippen molar-refractivity contribution in [3.05, 3.63) is 0 Å². The summed E-state index contributed by atoms with van der Waals surface area (Å²) < 4.78 is 0. The Morgan fingerprint density at radius 1 is 1.55 bits per heavy atom. The Balaban J connectivity index is 0.000001000. The van der Waals surface area contributed by atoms with E-state index in [4.69, 9.17) is 0 Å². The predicted molar refractivity (Wildman–Crippen MR) is 39.6 cm³/mol. The van der Waals surface area contributed by atoms with Gasteiger partial charge in [0, 0.05) is 13.3 Å². The lowest BCUT2D eigenvalue weighted by molar-refractivity contribution is -0.925. The van der Waals surface area contributed by atoms with Crippen LogP contribution in [0.4, 0.5) is 0 Å². The van der Waals surface area contributed by atoms with E-state index in [2.05, 4.69) is 14.0 Å². The number of nitrogens with one attached hydrogen (secondary N) is 1. The molecule has 3 atom stereocenters. The fraction of sp³-hybridized carbons (Fsp3) is 1.00. The van der Waals surface area contributed by atoms with E-state index in [-0.39, 0.29) is 18.6 Å². The Hall–Kier alpha value is 0.170. The third-order valence-corrected chi connectivity index (χ3v) is 2.59. The normalized spacial score (nSPS) is 39.8. The van der Waals surface area contributed by atoms with Gasteiger partial charge in [-0.1, -0.05) is 0 Å². The highest BCUT2D eigenvalue weighted by atomic mass is 35.5. The maximum Gasteiger partial charge on any atom is 0.142 e. The van der Waals surface area contributed by atoms with Crippen molar-refractivity contribution in [2.75, 3.05) is 20.6 Å². The number of rotatable bonds is 0. The average molecular weight is 181 g/mol. The van der Waals surface area contributed by atoms with Crippen molar-refractivity contribution in [3.8, 4) is 0 Å². The fourth-order valence-electron chi connectivity index (χ4n) is 1.38. The van der Waals surface area contributed by atoms with Gasteiger partial charge in [0.2, 0.25) is 0 Å². The second kappa shape index (κ2) is 4.26. The number of hydrogen-bond acceptors (Lipinski definition) is 2. The van der Waals surface area contributed by atoms with Crippen LogP contribution in [-0.2, 0) is 0 Å². The summed E-state index contributed by atoms with van der Waals surface area (Å²) in [5, 5.41) is 9.38. The van der Waals surface area contributed by atoms with Crippen LogP contribution in [0.25, 0.3) is 0 Å².